The molecule has 5 rings (SSSR count). The number of allylic oxidation sites excluding steroid dienone is 1. The molecule has 1 aromatic carbocycles. The molecule has 3 fully saturated rings. The summed E-state index contributed by atoms with van der Waals surface area (Å²) < 4.78 is 47.7. The van der Waals surface area contributed by atoms with Crippen LogP contribution in [0.4, 0.5) is 18.9 Å². The summed E-state index contributed by atoms with van der Waals surface area (Å²) >= 11 is 0. The van der Waals surface area contributed by atoms with E-state index in [1.165, 1.54) is 12.1 Å². The molecule has 2 aromatic rings. The van der Waals surface area contributed by atoms with E-state index in [4.69, 9.17) is 4.63 Å². The second kappa shape index (κ2) is 15.5. The highest BCUT2D eigenvalue weighted by atomic mass is 19.3. The lowest BCUT2D eigenvalue weighted by atomic mass is 9.81. The number of halogens is 3. The monoisotopic (exact) mass is 687 g/mol. The van der Waals surface area contributed by atoms with Gasteiger partial charge in [0.05, 0.1) is 5.69 Å². The zero-order chi connectivity index (χ0) is 35.4. The van der Waals surface area contributed by atoms with Crippen LogP contribution in [0.25, 0.3) is 0 Å². The molecular formula is C34H44F3N7O5. The Hall–Kier alpha value is -4.27. The lowest BCUT2D eigenvalue weighted by Crippen LogP contribution is -2.58. The van der Waals surface area contributed by atoms with Gasteiger partial charge in [0.15, 0.2) is 5.69 Å². The van der Waals surface area contributed by atoms with Gasteiger partial charge in [-0.1, -0.05) is 25.1 Å². The van der Waals surface area contributed by atoms with Crippen molar-refractivity contribution in [1.82, 2.24) is 30.7 Å². The normalized spacial score (nSPS) is 21.8. The van der Waals surface area contributed by atoms with Crippen molar-refractivity contribution >= 4 is 29.3 Å². The van der Waals surface area contributed by atoms with Crippen molar-refractivity contribution < 1.29 is 37.0 Å². The topological polar surface area (TPSA) is 150 Å². The van der Waals surface area contributed by atoms with E-state index in [0.717, 1.165) is 12.8 Å². The van der Waals surface area contributed by atoms with Crippen molar-refractivity contribution in [2.45, 2.75) is 95.7 Å². The number of carbonyl (C=O) groups excluding carboxylic acids is 4. The predicted molar refractivity (Wildman–Crippen MR) is 173 cm³/mol. The lowest BCUT2D eigenvalue weighted by Gasteiger charge is -2.40. The Morgan fingerprint density at radius 3 is 2.49 bits per heavy atom. The molecule has 0 radical (unpaired) electrons. The summed E-state index contributed by atoms with van der Waals surface area (Å²) in [5, 5.41) is 15.5. The number of likely N-dealkylation sites (N-methyl/N-ethyl adjacent to an activating group) is 1. The van der Waals surface area contributed by atoms with Crippen molar-refractivity contribution in [3.8, 4) is 0 Å². The number of carbonyl (C=O) groups is 4. The third-order valence-corrected chi connectivity index (χ3v) is 10.0. The molecule has 12 nitrogen and oxygen atoms in total. The minimum atomic E-state index is -1.81. The van der Waals surface area contributed by atoms with Crippen molar-refractivity contribution in [3.63, 3.8) is 0 Å². The summed E-state index contributed by atoms with van der Waals surface area (Å²) in [6, 6.07) is 2.00. The molecule has 2 saturated carbocycles. The van der Waals surface area contributed by atoms with Crippen LogP contribution in [0.5, 0.6) is 0 Å². The predicted octanol–water partition coefficient (Wildman–Crippen LogP) is 4.32. The lowest BCUT2D eigenvalue weighted by molar-refractivity contribution is -0.139. The Kier molecular flexibility index (Phi) is 11.4. The highest BCUT2D eigenvalue weighted by molar-refractivity contribution is 6.01. The summed E-state index contributed by atoms with van der Waals surface area (Å²) in [6.07, 6.45) is 0.821. The van der Waals surface area contributed by atoms with Crippen LogP contribution in [0.2, 0.25) is 0 Å². The summed E-state index contributed by atoms with van der Waals surface area (Å²) in [5.74, 6) is -4.18. The fourth-order valence-electron chi connectivity index (χ4n) is 6.58. The smallest absolute Gasteiger partial charge is 0.276 e. The van der Waals surface area contributed by atoms with Crippen molar-refractivity contribution in [2.75, 3.05) is 32.0 Å². The van der Waals surface area contributed by atoms with Crippen LogP contribution in [0, 0.1) is 11.7 Å². The number of nitrogens with zero attached hydrogens (tertiary/aromatic N) is 4. The summed E-state index contributed by atoms with van der Waals surface area (Å²) in [7, 11) is 1.98. The van der Waals surface area contributed by atoms with Gasteiger partial charge in [-0.3, -0.25) is 19.2 Å². The quantitative estimate of drug-likeness (QED) is 0.316. The minimum absolute atomic E-state index is 0.0226. The largest absolute Gasteiger partial charge is 0.344 e. The first-order chi connectivity index (χ1) is 23.4. The van der Waals surface area contributed by atoms with Crippen molar-refractivity contribution in [3.05, 3.63) is 52.6 Å². The molecule has 3 N–H and O–H groups in total. The van der Waals surface area contributed by atoms with Gasteiger partial charge >= 0.3 is 0 Å². The number of hydrogen-bond acceptors (Lipinski definition) is 8. The minimum Gasteiger partial charge on any atom is -0.344 e. The molecular weight excluding hydrogens is 643 g/mol. The number of anilines is 1. The molecule has 3 aliphatic rings. The van der Waals surface area contributed by atoms with Crippen LogP contribution in [-0.4, -0.2) is 88.5 Å². The zero-order valence-electron chi connectivity index (χ0n) is 28.2. The van der Waals surface area contributed by atoms with Crippen LogP contribution in [0.15, 0.2) is 34.5 Å². The Balaban J connectivity index is 1.35. The number of benzene rings is 1. The first-order valence-electron chi connectivity index (χ1n) is 16.9. The number of nitrogens with one attached hydrogen (secondary N) is 3. The van der Waals surface area contributed by atoms with Gasteiger partial charge in [0.1, 0.15) is 23.6 Å². The van der Waals surface area contributed by atoms with Gasteiger partial charge in [-0.15, -0.1) is 0 Å². The molecule has 15 heteroatoms. The number of amides is 4. The molecule has 0 bridgehead atoms. The van der Waals surface area contributed by atoms with Gasteiger partial charge < -0.3 is 25.8 Å². The zero-order valence-corrected chi connectivity index (χ0v) is 28.2. The van der Waals surface area contributed by atoms with Gasteiger partial charge in [0, 0.05) is 43.9 Å². The van der Waals surface area contributed by atoms with E-state index >= 15 is 4.39 Å². The third kappa shape index (κ3) is 8.49. The molecule has 4 amide bonds. The average molecular weight is 688 g/mol. The fraction of sp³-hybridized carbons (Fsp3) is 0.588. The van der Waals surface area contributed by atoms with Gasteiger partial charge in [0.25, 0.3) is 12.0 Å². The summed E-state index contributed by atoms with van der Waals surface area (Å²) in [4.78, 5) is 57.0. The Morgan fingerprint density at radius 1 is 1.08 bits per heavy atom. The SMILES string of the molecule is CCC(=O)N[C@@H](C(=O)N1CCN(C)[C@H](C)C1)[C@@H](C)c1ccc(NC(=O)C(NC(=O)c2nonc2C2CC2)C2CCCC(=C(F)F)C2)c(F)c1. The number of hydrogen-bond donors (Lipinski definition) is 3. The third-order valence-electron chi connectivity index (χ3n) is 10.0. The van der Waals surface area contributed by atoms with Gasteiger partial charge in [-0.25, -0.2) is 9.02 Å². The van der Waals surface area contributed by atoms with Crippen LogP contribution in [-0.2, 0) is 14.4 Å². The van der Waals surface area contributed by atoms with E-state index in [2.05, 4.69) is 31.2 Å². The fourth-order valence-corrected chi connectivity index (χ4v) is 6.58. The second-order valence-corrected chi connectivity index (χ2v) is 13.5. The molecule has 1 aliphatic heterocycles. The Morgan fingerprint density at radius 2 is 1.84 bits per heavy atom. The molecule has 2 unspecified atom stereocenters. The van der Waals surface area contributed by atoms with Crippen LogP contribution >= 0.6 is 0 Å². The van der Waals surface area contributed by atoms with Crippen molar-refractivity contribution in [1.29, 1.82) is 0 Å². The van der Waals surface area contributed by atoms with E-state index in [1.54, 1.807) is 24.8 Å². The molecule has 49 heavy (non-hydrogen) atoms. The maximum Gasteiger partial charge on any atom is 0.276 e. The summed E-state index contributed by atoms with van der Waals surface area (Å²) in [5.41, 5.74) is 0.446. The highest BCUT2D eigenvalue weighted by Gasteiger charge is 2.38. The molecule has 1 saturated heterocycles. The van der Waals surface area contributed by atoms with E-state index in [1.807, 2.05) is 14.0 Å². The standard InChI is InChI=1S/C34H44F3N7O5/c1-5-26(45)39-27(34(48)44-14-13-43(4)18(2)17-44)19(3)21-11-12-25(24(35)16-21)38-32(46)29(22-7-6-8-23(15-22)31(36)37)40-33(47)30-28(20-9-10-20)41-49-42-30/h11-12,16,18-20,22,27,29H,5-10,13-15,17H2,1-4H3,(H,38,46)(H,39,45)(H,40,47)/t18-,19+,22?,27-,29?/m1/s1. The van der Waals surface area contributed by atoms with E-state index in [-0.39, 0.29) is 60.0 Å². The van der Waals surface area contributed by atoms with Crippen LogP contribution in [0.1, 0.15) is 99.3 Å². The highest BCUT2D eigenvalue weighted by Crippen LogP contribution is 2.40. The molecule has 2 heterocycles. The number of rotatable bonds is 11. The van der Waals surface area contributed by atoms with Gasteiger partial charge in [-0.2, -0.15) is 8.78 Å². The van der Waals surface area contributed by atoms with Crippen molar-refractivity contribution in [2.24, 2.45) is 5.92 Å². The maximum atomic E-state index is 15.7. The maximum absolute atomic E-state index is 15.7. The van der Waals surface area contributed by atoms with Crippen LogP contribution < -0.4 is 16.0 Å². The van der Waals surface area contributed by atoms with Gasteiger partial charge in [0.2, 0.25) is 17.7 Å². The second-order valence-electron chi connectivity index (χ2n) is 13.5. The van der Waals surface area contributed by atoms with Crippen LogP contribution in [0.3, 0.4) is 0 Å². The Labute approximate surface area is 283 Å². The molecule has 1 aromatic heterocycles. The van der Waals surface area contributed by atoms with Gasteiger partial charge in [-0.05, 0) is 86.8 Å². The Bertz CT molecular complexity index is 1590. The first kappa shape index (κ1) is 36.0. The molecule has 5 atom stereocenters. The number of aromatic nitrogens is 2. The molecule has 0 spiro atoms. The molecule has 2 aliphatic carbocycles. The first-order valence-corrected chi connectivity index (χ1v) is 16.9. The average Bonchev–Trinajstić information content (AvgIpc) is 3.82. The molecule has 266 valence electrons. The van der Waals surface area contributed by atoms with E-state index in [0.29, 0.717) is 43.7 Å². The van der Waals surface area contributed by atoms with E-state index < -0.39 is 47.6 Å². The van der Waals surface area contributed by atoms with E-state index in [9.17, 15) is 28.0 Å². The number of piperazine rings is 1. The summed E-state index contributed by atoms with van der Waals surface area (Å²) in [6.45, 7) is 7.08.